The number of ether oxygens (including phenoxy) is 1. The lowest BCUT2D eigenvalue weighted by atomic mass is 9.94. The number of hydrogen-bond acceptors (Lipinski definition) is 4. The van der Waals surface area contributed by atoms with Gasteiger partial charge in [-0.3, -0.25) is 0 Å². The lowest BCUT2D eigenvalue weighted by Gasteiger charge is -2.32. The van der Waals surface area contributed by atoms with Crippen molar-refractivity contribution in [1.29, 1.82) is 0 Å². The molecule has 1 aliphatic rings. The first-order valence-electron chi connectivity index (χ1n) is 9.37. The Morgan fingerprint density at radius 1 is 1.21 bits per heavy atom. The SMILES string of the molecule is CCN(C)Cc1cccc(OC[C@@H](O)CN(C)C2CCCCC2)c1. The molecule has 0 unspecified atom stereocenters. The van der Waals surface area contributed by atoms with Gasteiger partial charge in [-0.15, -0.1) is 0 Å². The van der Waals surface area contributed by atoms with Crippen molar-refractivity contribution >= 4 is 0 Å². The lowest BCUT2D eigenvalue weighted by Crippen LogP contribution is -2.40. The predicted octanol–water partition coefficient (Wildman–Crippen LogP) is 3.14. The maximum absolute atomic E-state index is 10.3. The smallest absolute Gasteiger partial charge is 0.119 e. The fourth-order valence-corrected chi connectivity index (χ4v) is 3.41. The Kier molecular flexibility index (Phi) is 8.03. The van der Waals surface area contributed by atoms with E-state index in [2.05, 4.69) is 43.0 Å². The topological polar surface area (TPSA) is 35.9 Å². The number of benzene rings is 1. The van der Waals surface area contributed by atoms with Gasteiger partial charge in [0.1, 0.15) is 18.5 Å². The Morgan fingerprint density at radius 2 is 1.96 bits per heavy atom. The van der Waals surface area contributed by atoms with Crippen LogP contribution in [0.25, 0.3) is 0 Å². The molecule has 0 saturated heterocycles. The molecule has 1 N–H and O–H groups in total. The van der Waals surface area contributed by atoms with E-state index in [9.17, 15) is 5.11 Å². The molecule has 0 aliphatic heterocycles. The number of nitrogens with zero attached hydrogens (tertiary/aromatic N) is 2. The highest BCUT2D eigenvalue weighted by molar-refractivity contribution is 5.28. The Balaban J connectivity index is 1.76. The van der Waals surface area contributed by atoms with Crippen molar-refractivity contribution in [3.63, 3.8) is 0 Å². The fourth-order valence-electron chi connectivity index (χ4n) is 3.41. The zero-order valence-corrected chi connectivity index (χ0v) is 15.6. The van der Waals surface area contributed by atoms with Crippen LogP contribution in [0.15, 0.2) is 24.3 Å². The van der Waals surface area contributed by atoms with Gasteiger partial charge in [-0.25, -0.2) is 0 Å². The summed E-state index contributed by atoms with van der Waals surface area (Å²) in [5.74, 6) is 0.844. The van der Waals surface area contributed by atoms with Crippen LogP contribution in [0.5, 0.6) is 5.75 Å². The van der Waals surface area contributed by atoms with E-state index in [-0.39, 0.29) is 0 Å². The molecular formula is C20H34N2O2. The molecule has 1 aromatic rings. The van der Waals surface area contributed by atoms with Gasteiger partial charge in [0, 0.05) is 19.1 Å². The molecule has 2 rings (SSSR count). The van der Waals surface area contributed by atoms with Gasteiger partial charge in [0.15, 0.2) is 0 Å². The van der Waals surface area contributed by atoms with E-state index in [1.807, 2.05) is 12.1 Å². The van der Waals surface area contributed by atoms with Crippen LogP contribution < -0.4 is 4.74 Å². The Labute approximate surface area is 147 Å². The van der Waals surface area contributed by atoms with Gasteiger partial charge in [-0.1, -0.05) is 38.3 Å². The van der Waals surface area contributed by atoms with Crippen molar-refractivity contribution in [3.05, 3.63) is 29.8 Å². The summed E-state index contributed by atoms with van der Waals surface area (Å²) in [4.78, 5) is 4.56. The van der Waals surface area contributed by atoms with Crippen LogP contribution in [0.2, 0.25) is 0 Å². The van der Waals surface area contributed by atoms with Gasteiger partial charge < -0.3 is 19.6 Å². The van der Waals surface area contributed by atoms with Gasteiger partial charge in [0.25, 0.3) is 0 Å². The van der Waals surface area contributed by atoms with Crippen LogP contribution in [0.4, 0.5) is 0 Å². The summed E-state index contributed by atoms with van der Waals surface area (Å²) in [7, 11) is 4.23. The first-order valence-corrected chi connectivity index (χ1v) is 9.37. The van der Waals surface area contributed by atoms with Crippen LogP contribution in [0, 0.1) is 0 Å². The minimum Gasteiger partial charge on any atom is -0.491 e. The van der Waals surface area contributed by atoms with Crippen LogP contribution >= 0.6 is 0 Å². The summed E-state index contributed by atoms with van der Waals surface area (Å²) in [6.45, 7) is 5.13. The Bertz CT molecular complexity index is 474. The van der Waals surface area contributed by atoms with Crippen molar-refractivity contribution in [2.24, 2.45) is 0 Å². The highest BCUT2D eigenvalue weighted by Crippen LogP contribution is 2.22. The van der Waals surface area contributed by atoms with E-state index in [4.69, 9.17) is 4.74 Å². The molecule has 0 spiro atoms. The fraction of sp³-hybridized carbons (Fsp3) is 0.700. The number of likely N-dealkylation sites (N-methyl/N-ethyl adjacent to an activating group) is 1. The molecule has 4 nitrogen and oxygen atoms in total. The van der Waals surface area contributed by atoms with Crippen molar-refractivity contribution in [1.82, 2.24) is 9.80 Å². The number of rotatable bonds is 9. The van der Waals surface area contributed by atoms with E-state index in [0.717, 1.165) is 18.8 Å². The Morgan fingerprint density at radius 3 is 2.67 bits per heavy atom. The molecule has 1 aromatic carbocycles. The average Bonchev–Trinajstić information content (AvgIpc) is 2.61. The summed E-state index contributed by atoms with van der Waals surface area (Å²) in [6, 6.07) is 8.80. The molecule has 0 bridgehead atoms. The van der Waals surface area contributed by atoms with E-state index < -0.39 is 6.10 Å². The Hall–Kier alpha value is -1.10. The van der Waals surface area contributed by atoms with Crippen LogP contribution in [0.3, 0.4) is 0 Å². The number of hydrogen-bond donors (Lipinski definition) is 1. The minimum atomic E-state index is -0.445. The molecule has 4 heteroatoms. The predicted molar refractivity (Wildman–Crippen MR) is 99.5 cm³/mol. The van der Waals surface area contributed by atoms with Gasteiger partial charge in [0.05, 0.1) is 0 Å². The highest BCUT2D eigenvalue weighted by Gasteiger charge is 2.20. The van der Waals surface area contributed by atoms with Crippen molar-refractivity contribution < 1.29 is 9.84 Å². The van der Waals surface area contributed by atoms with Crippen molar-refractivity contribution in [2.45, 2.75) is 57.7 Å². The second-order valence-electron chi connectivity index (χ2n) is 7.17. The van der Waals surface area contributed by atoms with Gasteiger partial charge in [-0.05, 0) is 51.2 Å². The zero-order valence-electron chi connectivity index (χ0n) is 15.6. The highest BCUT2D eigenvalue weighted by atomic mass is 16.5. The maximum atomic E-state index is 10.3. The maximum Gasteiger partial charge on any atom is 0.119 e. The van der Waals surface area contributed by atoms with E-state index >= 15 is 0 Å². The monoisotopic (exact) mass is 334 g/mol. The minimum absolute atomic E-state index is 0.351. The number of aliphatic hydroxyl groups is 1. The molecule has 1 saturated carbocycles. The largest absolute Gasteiger partial charge is 0.491 e. The molecule has 0 heterocycles. The zero-order chi connectivity index (χ0) is 17.4. The third-order valence-corrected chi connectivity index (χ3v) is 5.03. The quantitative estimate of drug-likeness (QED) is 0.753. The van der Waals surface area contributed by atoms with E-state index in [1.54, 1.807) is 0 Å². The average molecular weight is 335 g/mol. The second kappa shape index (κ2) is 10.0. The summed E-state index contributed by atoms with van der Waals surface area (Å²) < 4.78 is 5.82. The van der Waals surface area contributed by atoms with Crippen LogP contribution in [-0.2, 0) is 6.54 Å². The number of aliphatic hydroxyl groups excluding tert-OH is 1. The van der Waals surface area contributed by atoms with Crippen molar-refractivity contribution in [2.75, 3.05) is 33.8 Å². The van der Waals surface area contributed by atoms with Crippen LogP contribution in [0.1, 0.15) is 44.6 Å². The summed E-state index contributed by atoms with van der Waals surface area (Å²) in [6.07, 6.45) is 6.08. The summed E-state index contributed by atoms with van der Waals surface area (Å²) >= 11 is 0. The molecule has 0 radical (unpaired) electrons. The molecule has 136 valence electrons. The normalized spacial score (nSPS) is 17.4. The summed E-state index contributed by atoms with van der Waals surface area (Å²) in [5.41, 5.74) is 1.24. The molecule has 1 atom stereocenters. The molecule has 24 heavy (non-hydrogen) atoms. The molecule has 1 aliphatic carbocycles. The third-order valence-electron chi connectivity index (χ3n) is 5.03. The van der Waals surface area contributed by atoms with E-state index in [0.29, 0.717) is 19.2 Å². The first-order chi connectivity index (χ1) is 11.6. The molecule has 1 fully saturated rings. The summed E-state index contributed by atoms with van der Waals surface area (Å²) in [5, 5.41) is 10.3. The first kappa shape index (κ1) is 19.2. The van der Waals surface area contributed by atoms with Crippen LogP contribution in [-0.4, -0.2) is 60.8 Å². The standard InChI is InChI=1S/C20H34N2O2/c1-4-21(2)14-17-9-8-12-20(13-17)24-16-19(23)15-22(3)18-10-6-5-7-11-18/h8-9,12-13,18-19,23H,4-7,10-11,14-16H2,1-3H3/t19-/m0/s1. The van der Waals surface area contributed by atoms with Gasteiger partial charge in [-0.2, -0.15) is 0 Å². The van der Waals surface area contributed by atoms with Gasteiger partial charge in [0.2, 0.25) is 0 Å². The molecule has 0 amide bonds. The van der Waals surface area contributed by atoms with Crippen molar-refractivity contribution in [3.8, 4) is 5.75 Å². The van der Waals surface area contributed by atoms with E-state index in [1.165, 1.54) is 37.7 Å². The second-order valence-corrected chi connectivity index (χ2v) is 7.17. The lowest BCUT2D eigenvalue weighted by molar-refractivity contribution is 0.0561. The van der Waals surface area contributed by atoms with Gasteiger partial charge >= 0.3 is 0 Å². The third kappa shape index (κ3) is 6.42. The molecule has 0 aromatic heterocycles. The molecular weight excluding hydrogens is 300 g/mol.